The molecule has 1 atom stereocenters. The molecule has 0 aliphatic carbocycles. The molecule has 6 heteroatoms. The van der Waals surface area contributed by atoms with E-state index in [4.69, 9.17) is 4.74 Å². The summed E-state index contributed by atoms with van der Waals surface area (Å²) in [5.41, 5.74) is -0.777. The molecule has 5 nitrogen and oxygen atoms in total. The Kier molecular flexibility index (Phi) is 4.04. The zero-order chi connectivity index (χ0) is 14.9. The normalized spacial score (nSPS) is 21.9. The van der Waals surface area contributed by atoms with Crippen molar-refractivity contribution in [2.45, 2.75) is 25.3 Å². The van der Waals surface area contributed by atoms with Crippen LogP contribution in [0.4, 0.5) is 0 Å². The Hall–Kier alpha value is -1.56. The summed E-state index contributed by atoms with van der Waals surface area (Å²) in [7, 11) is 1.49. The minimum absolute atomic E-state index is 0.314. The second kappa shape index (κ2) is 5.44. The van der Waals surface area contributed by atoms with Gasteiger partial charge >= 0.3 is 5.97 Å². The lowest BCUT2D eigenvalue weighted by molar-refractivity contribution is -0.147. The number of halogens is 1. The van der Waals surface area contributed by atoms with Gasteiger partial charge in [0.05, 0.1) is 12.7 Å². The van der Waals surface area contributed by atoms with E-state index in [0.29, 0.717) is 30.7 Å². The maximum Gasteiger partial charge on any atom is 0.329 e. The number of amides is 1. The van der Waals surface area contributed by atoms with Crippen LogP contribution in [0.5, 0.6) is 5.75 Å². The van der Waals surface area contributed by atoms with E-state index in [-0.39, 0.29) is 5.91 Å². The number of carbonyl (C=O) groups excluding carboxylic acids is 1. The van der Waals surface area contributed by atoms with Gasteiger partial charge in [0.2, 0.25) is 0 Å². The maximum atomic E-state index is 12.7. The summed E-state index contributed by atoms with van der Waals surface area (Å²) in [4.78, 5) is 25.5. The first-order chi connectivity index (χ1) is 9.40. The van der Waals surface area contributed by atoms with E-state index in [1.807, 2.05) is 0 Å². The molecule has 0 aromatic heterocycles. The van der Waals surface area contributed by atoms with Gasteiger partial charge in [-0.25, -0.2) is 4.79 Å². The van der Waals surface area contributed by atoms with Crippen LogP contribution in [0.25, 0.3) is 0 Å². The van der Waals surface area contributed by atoms with Crippen molar-refractivity contribution in [1.82, 2.24) is 4.90 Å². The lowest BCUT2D eigenvalue weighted by Gasteiger charge is -2.31. The van der Waals surface area contributed by atoms with Gasteiger partial charge in [0.25, 0.3) is 5.91 Å². The summed E-state index contributed by atoms with van der Waals surface area (Å²) >= 11 is 3.32. The third kappa shape index (κ3) is 2.40. The highest BCUT2D eigenvalue weighted by Crippen LogP contribution is 2.33. The molecule has 108 valence electrons. The van der Waals surface area contributed by atoms with Crippen LogP contribution in [0.3, 0.4) is 0 Å². The van der Waals surface area contributed by atoms with Crippen LogP contribution in [0.15, 0.2) is 22.7 Å². The summed E-state index contributed by atoms with van der Waals surface area (Å²) in [6, 6.07) is 5.11. The lowest BCUT2D eigenvalue weighted by Crippen LogP contribution is -2.50. The number of carboxylic acids is 1. The summed E-state index contributed by atoms with van der Waals surface area (Å²) in [5.74, 6) is -0.847. The van der Waals surface area contributed by atoms with Gasteiger partial charge < -0.3 is 14.7 Å². The van der Waals surface area contributed by atoms with Crippen molar-refractivity contribution in [3.8, 4) is 5.75 Å². The molecule has 1 fully saturated rings. The van der Waals surface area contributed by atoms with E-state index < -0.39 is 11.5 Å². The SMILES string of the molecule is COc1ccc(Br)cc1C(=O)N1CCC[C@]1(C)C(=O)O. The molecule has 0 spiro atoms. The fourth-order valence-electron chi connectivity index (χ4n) is 2.50. The molecule has 2 rings (SSSR count). The maximum absolute atomic E-state index is 12.7. The largest absolute Gasteiger partial charge is 0.496 e. The monoisotopic (exact) mass is 341 g/mol. The van der Waals surface area contributed by atoms with Gasteiger partial charge in [-0.05, 0) is 38.0 Å². The van der Waals surface area contributed by atoms with Gasteiger partial charge in [-0.1, -0.05) is 15.9 Å². The zero-order valence-electron chi connectivity index (χ0n) is 11.4. The third-order valence-electron chi connectivity index (χ3n) is 3.74. The topological polar surface area (TPSA) is 66.8 Å². The average molecular weight is 342 g/mol. The molecule has 20 heavy (non-hydrogen) atoms. The molecule has 1 aromatic carbocycles. The number of rotatable bonds is 3. The summed E-state index contributed by atoms with van der Waals surface area (Å²) < 4.78 is 5.94. The second-order valence-corrected chi connectivity index (χ2v) is 5.90. The Morgan fingerprint density at radius 3 is 2.75 bits per heavy atom. The number of carboxylic acid groups (broad SMARTS) is 1. The number of aliphatic carboxylic acids is 1. The number of benzene rings is 1. The van der Waals surface area contributed by atoms with Crippen molar-refractivity contribution in [2.24, 2.45) is 0 Å². The Bertz CT molecular complexity index is 560. The standard InChI is InChI=1S/C14H16BrNO4/c1-14(13(18)19)6-3-7-16(14)12(17)10-8-9(15)4-5-11(10)20-2/h4-5,8H,3,6-7H2,1-2H3,(H,18,19)/t14-/m1/s1. The predicted octanol–water partition coefficient (Wildman–Crippen LogP) is 2.54. The molecular weight excluding hydrogens is 326 g/mol. The number of methoxy groups -OCH3 is 1. The molecule has 1 heterocycles. The van der Waals surface area contributed by atoms with Gasteiger partial charge in [0.1, 0.15) is 11.3 Å². The van der Waals surface area contributed by atoms with Crippen LogP contribution < -0.4 is 4.74 Å². The quantitative estimate of drug-likeness (QED) is 0.917. The Morgan fingerprint density at radius 1 is 1.45 bits per heavy atom. The number of nitrogens with zero attached hydrogens (tertiary/aromatic N) is 1. The molecule has 0 bridgehead atoms. The van der Waals surface area contributed by atoms with Crippen LogP contribution in [0.2, 0.25) is 0 Å². The van der Waals surface area contributed by atoms with Gasteiger partial charge in [-0.15, -0.1) is 0 Å². The number of ether oxygens (including phenoxy) is 1. The summed E-state index contributed by atoms with van der Waals surface area (Å²) in [6.45, 7) is 2.03. The molecule has 1 aliphatic rings. The highest BCUT2D eigenvalue weighted by molar-refractivity contribution is 9.10. The molecule has 1 aromatic rings. The van der Waals surface area contributed by atoms with Gasteiger partial charge in [0, 0.05) is 11.0 Å². The zero-order valence-corrected chi connectivity index (χ0v) is 12.9. The Labute approximate surface area is 125 Å². The minimum Gasteiger partial charge on any atom is -0.496 e. The molecule has 0 radical (unpaired) electrons. The molecule has 0 unspecified atom stereocenters. The third-order valence-corrected chi connectivity index (χ3v) is 4.23. The van der Waals surface area contributed by atoms with Crippen LogP contribution in [-0.4, -0.2) is 41.1 Å². The van der Waals surface area contributed by atoms with Crippen LogP contribution in [-0.2, 0) is 4.79 Å². The van der Waals surface area contributed by atoms with Crippen LogP contribution in [0, 0.1) is 0 Å². The van der Waals surface area contributed by atoms with Gasteiger partial charge in [-0.3, -0.25) is 4.79 Å². The fraction of sp³-hybridized carbons (Fsp3) is 0.429. The van der Waals surface area contributed by atoms with E-state index in [0.717, 1.165) is 4.47 Å². The van der Waals surface area contributed by atoms with Crippen molar-refractivity contribution in [3.05, 3.63) is 28.2 Å². The molecular formula is C14H16BrNO4. The number of likely N-dealkylation sites (tertiary alicyclic amines) is 1. The first-order valence-corrected chi connectivity index (χ1v) is 7.08. The van der Waals surface area contributed by atoms with E-state index in [9.17, 15) is 14.7 Å². The first-order valence-electron chi connectivity index (χ1n) is 6.29. The van der Waals surface area contributed by atoms with Crippen molar-refractivity contribution >= 4 is 27.8 Å². The minimum atomic E-state index is -1.15. The summed E-state index contributed by atoms with van der Waals surface area (Å²) in [5, 5.41) is 9.39. The van der Waals surface area contributed by atoms with Crippen molar-refractivity contribution in [1.29, 1.82) is 0 Å². The van der Waals surface area contributed by atoms with Gasteiger partial charge in [0.15, 0.2) is 0 Å². The highest BCUT2D eigenvalue weighted by atomic mass is 79.9. The molecule has 1 amide bonds. The van der Waals surface area contributed by atoms with E-state index >= 15 is 0 Å². The second-order valence-electron chi connectivity index (χ2n) is 4.98. The Morgan fingerprint density at radius 2 is 2.15 bits per heavy atom. The van der Waals surface area contributed by atoms with E-state index in [2.05, 4.69) is 15.9 Å². The molecule has 1 N–H and O–H groups in total. The lowest BCUT2D eigenvalue weighted by atomic mass is 9.98. The van der Waals surface area contributed by atoms with Crippen molar-refractivity contribution in [3.63, 3.8) is 0 Å². The Balaban J connectivity index is 2.41. The van der Waals surface area contributed by atoms with E-state index in [1.54, 1.807) is 25.1 Å². The number of hydrogen-bond acceptors (Lipinski definition) is 3. The highest BCUT2D eigenvalue weighted by Gasteiger charge is 2.46. The smallest absolute Gasteiger partial charge is 0.329 e. The fourth-order valence-corrected chi connectivity index (χ4v) is 2.86. The number of carbonyl (C=O) groups is 2. The van der Waals surface area contributed by atoms with Crippen molar-refractivity contribution in [2.75, 3.05) is 13.7 Å². The molecule has 1 aliphatic heterocycles. The van der Waals surface area contributed by atoms with Crippen LogP contribution in [0.1, 0.15) is 30.1 Å². The van der Waals surface area contributed by atoms with Crippen molar-refractivity contribution < 1.29 is 19.4 Å². The first kappa shape index (κ1) is 14.8. The summed E-state index contributed by atoms with van der Waals surface area (Å²) in [6.07, 6.45) is 1.15. The van der Waals surface area contributed by atoms with E-state index in [1.165, 1.54) is 12.0 Å². The molecule has 1 saturated heterocycles. The number of hydrogen-bond donors (Lipinski definition) is 1. The molecule has 0 saturated carbocycles. The van der Waals surface area contributed by atoms with Gasteiger partial charge in [-0.2, -0.15) is 0 Å². The average Bonchev–Trinajstić information content (AvgIpc) is 2.81. The predicted molar refractivity (Wildman–Crippen MR) is 77.0 cm³/mol. The van der Waals surface area contributed by atoms with Crippen LogP contribution >= 0.6 is 15.9 Å².